The molecule has 3 unspecified atom stereocenters. The molecule has 0 amide bonds. The number of hydrogen-bond donors (Lipinski definition) is 3. The van der Waals surface area contributed by atoms with Crippen LogP contribution in [0.3, 0.4) is 0 Å². The van der Waals surface area contributed by atoms with Gasteiger partial charge < -0.3 is 33.8 Å². The number of unbranched alkanes of at least 4 members (excludes halogenated alkanes) is 42. The summed E-state index contributed by atoms with van der Waals surface area (Å²) in [5, 5.41) is 10.6. The maximum atomic E-state index is 13.1. The van der Waals surface area contributed by atoms with Gasteiger partial charge in [0.15, 0.2) is 12.2 Å². The molecule has 0 rings (SSSR count). The van der Waals surface area contributed by atoms with Gasteiger partial charge >= 0.3 is 39.5 Å². The van der Waals surface area contributed by atoms with E-state index < -0.39 is 97.5 Å². The SMILES string of the molecule is CCCCCCCCCCCCCCCCCCCCCC(=O)O[C@H](COC(=O)CCCCCCCCCCCCCCCCC(C)C)COP(=O)(O)OC[C@@H](O)COP(=O)(O)OC[C@@H](COC(=O)CCCCCCCCC)OC(=O)CCCCCCCCC(C)CC. The minimum absolute atomic E-state index is 0.103. The van der Waals surface area contributed by atoms with E-state index in [4.69, 9.17) is 37.0 Å². The fraction of sp³-hybridized carbons (Fsp3) is 0.946. The molecule has 0 aliphatic carbocycles. The third-order valence-electron chi connectivity index (χ3n) is 17.6. The van der Waals surface area contributed by atoms with E-state index in [1.807, 2.05) is 0 Å². The van der Waals surface area contributed by atoms with Gasteiger partial charge in [0.1, 0.15) is 19.3 Å². The van der Waals surface area contributed by atoms with Crippen molar-refractivity contribution in [2.24, 2.45) is 11.8 Å². The van der Waals surface area contributed by atoms with E-state index in [9.17, 15) is 43.2 Å². The fourth-order valence-corrected chi connectivity index (χ4v) is 12.8. The van der Waals surface area contributed by atoms with Gasteiger partial charge in [-0.2, -0.15) is 0 Å². The Kier molecular flexibility index (Phi) is 64.6. The highest BCUT2D eigenvalue weighted by Gasteiger charge is 2.30. The van der Waals surface area contributed by atoms with Gasteiger partial charge in [-0.15, -0.1) is 0 Å². The first-order chi connectivity index (χ1) is 44.9. The largest absolute Gasteiger partial charge is 0.472 e. The molecule has 0 aromatic heterocycles. The lowest BCUT2D eigenvalue weighted by Crippen LogP contribution is -2.30. The molecule has 0 fully saturated rings. The predicted octanol–water partition coefficient (Wildman–Crippen LogP) is 21.6. The van der Waals surface area contributed by atoms with Crippen molar-refractivity contribution >= 4 is 39.5 Å². The normalized spacial score (nSPS) is 14.3. The van der Waals surface area contributed by atoms with E-state index in [1.54, 1.807) is 0 Å². The van der Waals surface area contributed by atoms with Crippen LogP contribution in [0.4, 0.5) is 0 Å². The average molecular weight is 1370 g/mol. The molecule has 0 aromatic rings. The minimum atomic E-state index is -4.95. The standard InChI is InChI=1S/C74H144O17P2/c1-7-10-12-14-16-17-18-19-20-21-22-23-24-29-32-35-39-46-52-58-73(78)90-69(63-85-72(77)57-51-45-38-34-31-28-26-25-27-30-33-37-42-48-54-66(4)5)64-88-92(80,81)86-60-68(75)61-87-93(82,83)89-65-70(62-84-71(76)56-50-44-36-15-13-11-8-2)91-74(79)59-53-47-41-40-43-49-55-67(6)9-3/h66-70,75H,7-65H2,1-6H3,(H,80,81)(H,82,83)/t67?,68-,69-,70-/m1/s1. The number of phosphoric acid groups is 2. The number of carbonyl (C=O) groups is 4. The monoisotopic (exact) mass is 1370 g/mol. The quantitative estimate of drug-likeness (QED) is 0.0222. The van der Waals surface area contributed by atoms with Crippen LogP contribution >= 0.6 is 15.6 Å². The summed E-state index contributed by atoms with van der Waals surface area (Å²) < 4.78 is 68.3. The summed E-state index contributed by atoms with van der Waals surface area (Å²) in [5.74, 6) is -0.606. The van der Waals surface area contributed by atoms with Crippen molar-refractivity contribution in [2.45, 2.75) is 400 Å². The van der Waals surface area contributed by atoms with Gasteiger partial charge in [-0.25, -0.2) is 9.13 Å². The Labute approximate surface area is 568 Å². The molecule has 0 saturated heterocycles. The first-order valence-electron chi connectivity index (χ1n) is 38.5. The molecular formula is C74H144O17P2. The van der Waals surface area contributed by atoms with Crippen molar-refractivity contribution in [3.63, 3.8) is 0 Å². The first-order valence-corrected chi connectivity index (χ1v) is 41.5. The van der Waals surface area contributed by atoms with Gasteiger partial charge in [-0.3, -0.25) is 37.3 Å². The molecule has 0 heterocycles. The van der Waals surface area contributed by atoms with Crippen LogP contribution in [0, 0.1) is 11.8 Å². The molecule has 0 spiro atoms. The molecule has 17 nitrogen and oxygen atoms in total. The summed E-state index contributed by atoms with van der Waals surface area (Å²) in [4.78, 5) is 72.5. The van der Waals surface area contributed by atoms with Crippen LogP contribution in [-0.4, -0.2) is 96.7 Å². The van der Waals surface area contributed by atoms with Crippen molar-refractivity contribution in [2.75, 3.05) is 39.6 Å². The Hall–Kier alpha value is -1.94. The highest BCUT2D eigenvalue weighted by molar-refractivity contribution is 7.47. The van der Waals surface area contributed by atoms with Crippen LogP contribution in [-0.2, 0) is 65.4 Å². The summed E-state index contributed by atoms with van der Waals surface area (Å²) in [7, 11) is -9.90. The number of esters is 4. The highest BCUT2D eigenvalue weighted by Crippen LogP contribution is 2.45. The van der Waals surface area contributed by atoms with Gasteiger partial charge in [-0.1, -0.05) is 330 Å². The zero-order chi connectivity index (χ0) is 68.6. The van der Waals surface area contributed by atoms with Gasteiger partial charge in [0, 0.05) is 25.7 Å². The number of aliphatic hydroxyl groups is 1. The van der Waals surface area contributed by atoms with E-state index >= 15 is 0 Å². The van der Waals surface area contributed by atoms with Crippen LogP contribution < -0.4 is 0 Å². The lowest BCUT2D eigenvalue weighted by Gasteiger charge is -2.21. The lowest BCUT2D eigenvalue weighted by atomic mass is 10.00. The second-order valence-electron chi connectivity index (χ2n) is 27.4. The molecule has 0 aliphatic rings. The number of aliphatic hydroxyl groups excluding tert-OH is 1. The molecule has 0 saturated carbocycles. The number of carbonyl (C=O) groups excluding carboxylic acids is 4. The second-order valence-corrected chi connectivity index (χ2v) is 30.3. The molecular weight excluding hydrogens is 1220 g/mol. The molecule has 0 aromatic carbocycles. The van der Waals surface area contributed by atoms with E-state index in [0.717, 1.165) is 115 Å². The Morgan fingerprint density at radius 3 is 0.817 bits per heavy atom. The lowest BCUT2D eigenvalue weighted by molar-refractivity contribution is -0.161. The predicted molar refractivity (Wildman–Crippen MR) is 377 cm³/mol. The molecule has 6 atom stereocenters. The van der Waals surface area contributed by atoms with Crippen LogP contribution in [0.15, 0.2) is 0 Å². The van der Waals surface area contributed by atoms with Gasteiger partial charge in [-0.05, 0) is 37.5 Å². The summed E-state index contributed by atoms with van der Waals surface area (Å²) in [6.07, 6.45) is 53.0. The number of ether oxygens (including phenoxy) is 4. The maximum absolute atomic E-state index is 13.1. The minimum Gasteiger partial charge on any atom is -0.462 e. The summed E-state index contributed by atoms with van der Waals surface area (Å²) in [6, 6.07) is 0. The molecule has 0 bridgehead atoms. The number of hydrogen-bond acceptors (Lipinski definition) is 15. The summed E-state index contributed by atoms with van der Waals surface area (Å²) in [6.45, 7) is 9.51. The molecule has 552 valence electrons. The smallest absolute Gasteiger partial charge is 0.462 e. The Morgan fingerprint density at radius 1 is 0.312 bits per heavy atom. The van der Waals surface area contributed by atoms with Gasteiger partial charge in [0.25, 0.3) is 0 Å². The van der Waals surface area contributed by atoms with Crippen LogP contribution in [0.5, 0.6) is 0 Å². The number of rotatable bonds is 73. The molecule has 19 heteroatoms. The topological polar surface area (TPSA) is 237 Å². The Morgan fingerprint density at radius 2 is 0.548 bits per heavy atom. The average Bonchev–Trinajstić information content (AvgIpc) is 2.70. The Balaban J connectivity index is 5.18. The Bertz CT molecular complexity index is 1810. The van der Waals surface area contributed by atoms with Crippen molar-refractivity contribution in [1.29, 1.82) is 0 Å². The first kappa shape index (κ1) is 91.1. The third-order valence-corrected chi connectivity index (χ3v) is 19.5. The zero-order valence-corrected chi connectivity index (χ0v) is 62.3. The van der Waals surface area contributed by atoms with E-state index in [0.29, 0.717) is 25.7 Å². The van der Waals surface area contributed by atoms with Crippen molar-refractivity contribution in [3.8, 4) is 0 Å². The molecule has 0 aliphatic heterocycles. The summed E-state index contributed by atoms with van der Waals surface area (Å²) >= 11 is 0. The zero-order valence-electron chi connectivity index (χ0n) is 60.6. The highest BCUT2D eigenvalue weighted by atomic mass is 31.2. The van der Waals surface area contributed by atoms with E-state index in [1.165, 1.54) is 186 Å². The third kappa shape index (κ3) is 67.0. The maximum Gasteiger partial charge on any atom is 0.472 e. The van der Waals surface area contributed by atoms with Gasteiger partial charge in [0.05, 0.1) is 26.4 Å². The molecule has 3 N–H and O–H groups in total. The van der Waals surface area contributed by atoms with E-state index in [2.05, 4.69) is 41.5 Å². The van der Waals surface area contributed by atoms with Crippen molar-refractivity contribution in [1.82, 2.24) is 0 Å². The molecule has 93 heavy (non-hydrogen) atoms. The second kappa shape index (κ2) is 66.0. The van der Waals surface area contributed by atoms with E-state index in [-0.39, 0.29) is 25.7 Å². The van der Waals surface area contributed by atoms with Crippen LogP contribution in [0.1, 0.15) is 382 Å². The fourth-order valence-electron chi connectivity index (χ4n) is 11.3. The van der Waals surface area contributed by atoms with Crippen molar-refractivity contribution < 1.29 is 80.2 Å². The van der Waals surface area contributed by atoms with Gasteiger partial charge in [0.2, 0.25) is 0 Å². The summed E-state index contributed by atoms with van der Waals surface area (Å²) in [5.41, 5.74) is 0. The number of phosphoric ester groups is 2. The van der Waals surface area contributed by atoms with Crippen molar-refractivity contribution in [3.05, 3.63) is 0 Å². The molecule has 0 radical (unpaired) electrons. The van der Waals surface area contributed by atoms with Crippen LogP contribution in [0.25, 0.3) is 0 Å². The van der Waals surface area contributed by atoms with Crippen LogP contribution in [0.2, 0.25) is 0 Å².